The molecule has 0 bridgehead atoms. The molecule has 0 saturated carbocycles. The van der Waals surface area contributed by atoms with Gasteiger partial charge in [-0.25, -0.2) is 8.78 Å². The van der Waals surface area contributed by atoms with Crippen molar-refractivity contribution >= 4 is 0 Å². The number of likely N-dealkylation sites (tertiary alicyclic amines) is 1. The highest BCUT2D eigenvalue weighted by molar-refractivity contribution is 5.19. The van der Waals surface area contributed by atoms with Gasteiger partial charge in [0.1, 0.15) is 11.6 Å². The highest BCUT2D eigenvalue weighted by Gasteiger charge is 2.19. The van der Waals surface area contributed by atoms with Crippen LogP contribution in [0.1, 0.15) is 18.4 Å². The predicted molar refractivity (Wildman–Crippen MR) is 63.7 cm³/mol. The number of hydrogen-bond donors (Lipinski definition) is 1. The smallest absolute Gasteiger partial charge is 0.130 e. The number of benzene rings is 1. The fourth-order valence-electron chi connectivity index (χ4n) is 2.29. The Bertz CT molecular complexity index is 353. The number of nitrogens with zero attached hydrogens (tertiary/aromatic N) is 1. The summed E-state index contributed by atoms with van der Waals surface area (Å²) < 4.78 is 26.9. The molecule has 0 amide bonds. The molecule has 0 atom stereocenters. The summed E-state index contributed by atoms with van der Waals surface area (Å²) in [6.45, 7) is 2.15. The van der Waals surface area contributed by atoms with Crippen LogP contribution in [-0.4, -0.2) is 31.1 Å². The van der Waals surface area contributed by atoms with Crippen molar-refractivity contribution in [1.29, 1.82) is 0 Å². The van der Waals surface area contributed by atoms with Crippen LogP contribution in [0.4, 0.5) is 8.78 Å². The molecule has 1 heterocycles. The SMILES string of the molecule is CNC1CCN(Cc2c(F)cccc2F)CC1. The molecule has 0 unspecified atom stereocenters. The lowest BCUT2D eigenvalue weighted by Crippen LogP contribution is -2.41. The fourth-order valence-corrected chi connectivity index (χ4v) is 2.29. The zero-order valence-corrected chi connectivity index (χ0v) is 10.0. The van der Waals surface area contributed by atoms with Crippen molar-refractivity contribution in [3.05, 3.63) is 35.4 Å². The van der Waals surface area contributed by atoms with Crippen LogP contribution in [0.2, 0.25) is 0 Å². The van der Waals surface area contributed by atoms with Crippen molar-refractivity contribution in [2.24, 2.45) is 0 Å². The van der Waals surface area contributed by atoms with Crippen molar-refractivity contribution < 1.29 is 8.78 Å². The Balaban J connectivity index is 1.98. The van der Waals surface area contributed by atoms with Crippen LogP contribution in [0.15, 0.2) is 18.2 Å². The van der Waals surface area contributed by atoms with Crippen molar-refractivity contribution in [3.63, 3.8) is 0 Å². The second-order valence-corrected chi connectivity index (χ2v) is 4.54. The Labute approximate surface area is 101 Å². The van der Waals surface area contributed by atoms with Gasteiger partial charge in [-0.3, -0.25) is 4.90 Å². The molecule has 94 valence electrons. The van der Waals surface area contributed by atoms with Gasteiger partial charge in [-0.2, -0.15) is 0 Å². The molecule has 4 heteroatoms. The van der Waals surface area contributed by atoms with Gasteiger partial charge in [-0.1, -0.05) is 6.07 Å². The van der Waals surface area contributed by atoms with Crippen molar-refractivity contribution in [2.45, 2.75) is 25.4 Å². The van der Waals surface area contributed by atoms with Crippen LogP contribution in [0.5, 0.6) is 0 Å². The summed E-state index contributed by atoms with van der Waals surface area (Å²) in [4.78, 5) is 2.11. The van der Waals surface area contributed by atoms with Crippen molar-refractivity contribution in [3.8, 4) is 0 Å². The number of nitrogens with one attached hydrogen (secondary N) is 1. The minimum Gasteiger partial charge on any atom is -0.317 e. The first-order chi connectivity index (χ1) is 8.20. The second kappa shape index (κ2) is 5.56. The number of halogens is 2. The van der Waals surface area contributed by atoms with E-state index in [4.69, 9.17) is 0 Å². The average Bonchev–Trinajstić information content (AvgIpc) is 2.35. The topological polar surface area (TPSA) is 15.3 Å². The third-order valence-corrected chi connectivity index (χ3v) is 3.44. The van der Waals surface area contributed by atoms with Gasteiger partial charge in [-0.05, 0) is 45.1 Å². The van der Waals surface area contributed by atoms with Gasteiger partial charge in [0.05, 0.1) is 0 Å². The lowest BCUT2D eigenvalue weighted by molar-refractivity contribution is 0.190. The lowest BCUT2D eigenvalue weighted by Gasteiger charge is -2.31. The van der Waals surface area contributed by atoms with E-state index in [9.17, 15) is 8.78 Å². The third kappa shape index (κ3) is 3.01. The summed E-state index contributed by atoms with van der Waals surface area (Å²) in [6.07, 6.45) is 2.07. The molecule has 2 rings (SSSR count). The average molecular weight is 240 g/mol. The molecule has 1 aromatic carbocycles. The largest absolute Gasteiger partial charge is 0.317 e. The van der Waals surface area contributed by atoms with E-state index in [2.05, 4.69) is 10.2 Å². The molecular weight excluding hydrogens is 222 g/mol. The maximum atomic E-state index is 13.5. The molecule has 0 aromatic heterocycles. The summed E-state index contributed by atoms with van der Waals surface area (Å²) in [5.74, 6) is -0.888. The van der Waals surface area contributed by atoms with Gasteiger partial charge in [-0.15, -0.1) is 0 Å². The second-order valence-electron chi connectivity index (χ2n) is 4.54. The summed E-state index contributed by atoms with van der Waals surface area (Å²) in [7, 11) is 1.96. The predicted octanol–water partition coefficient (Wildman–Crippen LogP) is 2.15. The molecule has 1 fully saturated rings. The highest BCUT2D eigenvalue weighted by Crippen LogP contribution is 2.18. The standard InChI is InChI=1S/C13H18F2N2/c1-16-10-5-7-17(8-6-10)9-11-12(14)3-2-4-13(11)15/h2-4,10,16H,5-9H2,1H3. The summed E-state index contributed by atoms with van der Waals surface area (Å²) in [6, 6.07) is 4.58. The van der Waals surface area contributed by atoms with E-state index >= 15 is 0 Å². The molecule has 2 nitrogen and oxygen atoms in total. The van der Waals surface area contributed by atoms with Gasteiger partial charge >= 0.3 is 0 Å². The zero-order valence-electron chi connectivity index (χ0n) is 10.0. The Morgan fingerprint density at radius 3 is 2.35 bits per heavy atom. The first-order valence-corrected chi connectivity index (χ1v) is 6.03. The Hall–Kier alpha value is -1.00. The lowest BCUT2D eigenvalue weighted by atomic mass is 10.0. The first kappa shape index (κ1) is 12.5. The molecule has 0 radical (unpaired) electrons. The van der Waals surface area contributed by atoms with E-state index in [1.807, 2.05) is 7.05 Å². The monoisotopic (exact) mass is 240 g/mol. The van der Waals surface area contributed by atoms with Crippen LogP contribution in [0, 0.1) is 11.6 Å². The Morgan fingerprint density at radius 2 is 1.82 bits per heavy atom. The molecule has 0 aliphatic carbocycles. The van der Waals surface area contributed by atoms with Crippen LogP contribution >= 0.6 is 0 Å². The maximum Gasteiger partial charge on any atom is 0.130 e. The van der Waals surface area contributed by atoms with Gasteiger partial charge in [0.15, 0.2) is 0 Å². The Kier molecular flexibility index (Phi) is 4.07. The summed E-state index contributed by atoms with van der Waals surface area (Å²) >= 11 is 0. The minimum absolute atomic E-state index is 0.190. The quantitative estimate of drug-likeness (QED) is 0.871. The van der Waals surface area contributed by atoms with Gasteiger partial charge < -0.3 is 5.32 Å². The number of rotatable bonds is 3. The normalized spacial score (nSPS) is 18.5. The molecule has 1 N–H and O–H groups in total. The third-order valence-electron chi connectivity index (χ3n) is 3.44. The molecule has 1 aliphatic rings. The maximum absolute atomic E-state index is 13.5. The molecular formula is C13H18F2N2. The molecule has 1 saturated heterocycles. The van der Waals surface area contributed by atoms with E-state index < -0.39 is 11.6 Å². The van der Waals surface area contributed by atoms with Crippen LogP contribution < -0.4 is 5.32 Å². The van der Waals surface area contributed by atoms with Crippen LogP contribution in [-0.2, 0) is 6.54 Å². The van der Waals surface area contributed by atoms with E-state index in [1.165, 1.54) is 18.2 Å². The van der Waals surface area contributed by atoms with E-state index in [0.29, 0.717) is 12.6 Å². The van der Waals surface area contributed by atoms with Crippen LogP contribution in [0.3, 0.4) is 0 Å². The Morgan fingerprint density at radius 1 is 1.24 bits per heavy atom. The van der Waals surface area contributed by atoms with Gasteiger partial charge in [0.25, 0.3) is 0 Å². The van der Waals surface area contributed by atoms with E-state index in [1.54, 1.807) is 0 Å². The summed E-state index contributed by atoms with van der Waals surface area (Å²) in [5, 5.41) is 3.24. The van der Waals surface area contributed by atoms with Crippen molar-refractivity contribution in [1.82, 2.24) is 10.2 Å². The fraction of sp³-hybridized carbons (Fsp3) is 0.538. The number of piperidine rings is 1. The van der Waals surface area contributed by atoms with Gasteiger partial charge in [0.2, 0.25) is 0 Å². The molecule has 1 aliphatic heterocycles. The number of hydrogen-bond acceptors (Lipinski definition) is 2. The van der Waals surface area contributed by atoms with E-state index in [-0.39, 0.29) is 5.56 Å². The molecule has 17 heavy (non-hydrogen) atoms. The van der Waals surface area contributed by atoms with Gasteiger partial charge in [0, 0.05) is 18.2 Å². The first-order valence-electron chi connectivity index (χ1n) is 6.03. The minimum atomic E-state index is -0.444. The zero-order chi connectivity index (χ0) is 12.3. The molecule has 0 spiro atoms. The van der Waals surface area contributed by atoms with E-state index in [0.717, 1.165) is 25.9 Å². The summed E-state index contributed by atoms with van der Waals surface area (Å²) in [5.41, 5.74) is 0.190. The highest BCUT2D eigenvalue weighted by atomic mass is 19.1. The van der Waals surface area contributed by atoms with Crippen molar-refractivity contribution in [2.75, 3.05) is 20.1 Å². The molecule has 1 aromatic rings. The van der Waals surface area contributed by atoms with Crippen LogP contribution in [0.25, 0.3) is 0 Å².